The molecule has 8 heteroatoms. The van der Waals surface area contributed by atoms with Gasteiger partial charge in [0.1, 0.15) is 10.7 Å². The summed E-state index contributed by atoms with van der Waals surface area (Å²) in [5.74, 6) is -1.44. The molecule has 0 aliphatic rings. The van der Waals surface area contributed by atoms with E-state index >= 15 is 0 Å². The van der Waals surface area contributed by atoms with Crippen LogP contribution in [0.5, 0.6) is 0 Å². The van der Waals surface area contributed by atoms with Gasteiger partial charge in [0.25, 0.3) is 0 Å². The number of anilines is 1. The minimum absolute atomic E-state index is 0. The summed E-state index contributed by atoms with van der Waals surface area (Å²) >= 11 is 0. The van der Waals surface area contributed by atoms with Gasteiger partial charge in [0, 0.05) is 25.8 Å². The fourth-order valence-corrected chi connectivity index (χ4v) is 4.03. The van der Waals surface area contributed by atoms with Crippen molar-refractivity contribution in [2.45, 2.75) is 31.3 Å². The third-order valence-corrected chi connectivity index (χ3v) is 5.63. The Hall–Kier alpha value is -2.74. The Morgan fingerprint density at radius 3 is 1.78 bits per heavy atom. The van der Waals surface area contributed by atoms with E-state index in [-0.39, 0.29) is 24.5 Å². The lowest BCUT2D eigenvalue weighted by Crippen LogP contribution is -2.13. The topological polar surface area (TPSA) is 89.3 Å². The highest BCUT2D eigenvalue weighted by molar-refractivity contribution is 7.91. The van der Waals surface area contributed by atoms with Gasteiger partial charge in [0.2, 0.25) is 0 Å². The lowest BCUT2D eigenvalue weighted by Gasteiger charge is -2.10. The van der Waals surface area contributed by atoms with E-state index < -0.39 is 31.9 Å². The Kier molecular flexibility index (Phi) is 11.1. The molecule has 0 aliphatic heterocycles. The molecule has 0 spiro atoms. The second-order valence-electron chi connectivity index (χ2n) is 6.96. The standard InChI is InChI=1S/C14H15N.C10H12FNO3S.ClH/c1-3-7-13(8-4-1)11-15-12-14-9-5-2-6-10-14;1-3-8(13)9-6(11)4-5-7(12)10(9)16(2,14)15;/h1-10,15H,11-12H2;4-5H,3,12H2,1-2H3;1H. The second kappa shape index (κ2) is 13.0. The van der Waals surface area contributed by atoms with Gasteiger partial charge in [-0.25, -0.2) is 12.8 Å². The van der Waals surface area contributed by atoms with Crippen molar-refractivity contribution in [3.8, 4) is 0 Å². The zero-order valence-electron chi connectivity index (χ0n) is 18.0. The minimum atomic E-state index is -3.73. The Morgan fingerprint density at radius 1 is 0.906 bits per heavy atom. The molecule has 32 heavy (non-hydrogen) atoms. The summed E-state index contributed by atoms with van der Waals surface area (Å²) in [7, 11) is -3.73. The van der Waals surface area contributed by atoms with Crippen molar-refractivity contribution in [3.63, 3.8) is 0 Å². The van der Waals surface area contributed by atoms with E-state index in [4.69, 9.17) is 5.73 Å². The molecule has 172 valence electrons. The van der Waals surface area contributed by atoms with Crippen molar-refractivity contribution in [2.75, 3.05) is 12.0 Å². The van der Waals surface area contributed by atoms with Crippen LogP contribution in [0.25, 0.3) is 0 Å². The number of Topliss-reactive ketones (excluding diaryl/α,β-unsaturated/α-hetero) is 1. The largest absolute Gasteiger partial charge is 0.398 e. The van der Waals surface area contributed by atoms with E-state index in [1.807, 2.05) is 12.1 Å². The number of nitrogens with two attached hydrogens (primary N) is 1. The van der Waals surface area contributed by atoms with Gasteiger partial charge >= 0.3 is 0 Å². The summed E-state index contributed by atoms with van der Waals surface area (Å²) in [6.07, 6.45) is 0.910. The molecule has 0 unspecified atom stereocenters. The first-order chi connectivity index (χ1) is 14.7. The first-order valence-electron chi connectivity index (χ1n) is 9.83. The molecule has 0 atom stereocenters. The van der Waals surface area contributed by atoms with Gasteiger partial charge in [0.15, 0.2) is 15.6 Å². The van der Waals surface area contributed by atoms with Gasteiger partial charge in [-0.15, -0.1) is 12.4 Å². The van der Waals surface area contributed by atoms with Crippen LogP contribution in [0.4, 0.5) is 10.1 Å². The van der Waals surface area contributed by atoms with E-state index in [1.54, 1.807) is 0 Å². The third-order valence-electron chi connectivity index (χ3n) is 4.45. The van der Waals surface area contributed by atoms with Crippen LogP contribution in [0, 0.1) is 5.82 Å². The average molecular weight is 479 g/mol. The SMILES string of the molecule is CCC(=O)c1c(F)ccc(N)c1S(C)(=O)=O.Cl.c1ccc(CNCc2ccccc2)cc1. The summed E-state index contributed by atoms with van der Waals surface area (Å²) in [6.45, 7) is 3.38. The van der Waals surface area contributed by atoms with Gasteiger partial charge in [-0.1, -0.05) is 67.6 Å². The van der Waals surface area contributed by atoms with Crippen molar-refractivity contribution in [1.82, 2.24) is 5.32 Å². The number of nitrogens with one attached hydrogen (secondary N) is 1. The summed E-state index contributed by atoms with van der Waals surface area (Å²) in [6, 6.07) is 23.0. The molecule has 0 heterocycles. The summed E-state index contributed by atoms with van der Waals surface area (Å²) in [5.41, 5.74) is 7.58. The number of benzene rings is 3. The fourth-order valence-electron chi connectivity index (χ4n) is 2.95. The number of hydrogen-bond acceptors (Lipinski definition) is 5. The maximum atomic E-state index is 13.5. The normalized spacial score (nSPS) is 10.5. The number of rotatable bonds is 7. The lowest BCUT2D eigenvalue weighted by atomic mass is 10.1. The van der Waals surface area contributed by atoms with E-state index in [9.17, 15) is 17.6 Å². The molecule has 0 fully saturated rings. The van der Waals surface area contributed by atoms with Crippen molar-refractivity contribution in [1.29, 1.82) is 0 Å². The number of carbonyl (C=O) groups is 1. The van der Waals surface area contributed by atoms with E-state index in [0.717, 1.165) is 31.5 Å². The molecule has 3 rings (SSSR count). The molecule has 0 aromatic heterocycles. The molecule has 3 aromatic rings. The quantitative estimate of drug-likeness (QED) is 0.376. The maximum absolute atomic E-state index is 13.5. The molecule has 3 N–H and O–H groups in total. The average Bonchev–Trinajstić information content (AvgIpc) is 2.76. The Labute approximate surface area is 195 Å². The molecule has 3 aromatic carbocycles. The van der Waals surface area contributed by atoms with E-state index in [0.29, 0.717) is 0 Å². The Morgan fingerprint density at radius 2 is 1.38 bits per heavy atom. The smallest absolute Gasteiger partial charge is 0.178 e. The monoisotopic (exact) mass is 478 g/mol. The Bertz CT molecular complexity index is 1070. The van der Waals surface area contributed by atoms with Crippen LogP contribution in [0.3, 0.4) is 0 Å². The Balaban J connectivity index is 0.000000311. The highest BCUT2D eigenvalue weighted by Crippen LogP contribution is 2.26. The molecule has 0 bridgehead atoms. The van der Waals surface area contributed by atoms with Gasteiger partial charge in [-0.05, 0) is 23.3 Å². The number of ketones is 1. The first kappa shape index (κ1) is 27.3. The molecule has 5 nitrogen and oxygen atoms in total. The molecular formula is C24H28ClFN2O3S. The van der Waals surface area contributed by atoms with E-state index in [2.05, 4.69) is 53.8 Å². The minimum Gasteiger partial charge on any atom is -0.398 e. The highest BCUT2D eigenvalue weighted by atomic mass is 35.5. The molecule has 0 amide bonds. The van der Waals surface area contributed by atoms with Crippen LogP contribution in [-0.2, 0) is 22.9 Å². The lowest BCUT2D eigenvalue weighted by molar-refractivity contribution is 0.0981. The van der Waals surface area contributed by atoms with E-state index in [1.165, 1.54) is 18.1 Å². The number of carbonyl (C=O) groups excluding carboxylic acids is 1. The van der Waals surface area contributed by atoms with Gasteiger partial charge in [0.05, 0.1) is 11.3 Å². The third kappa shape index (κ3) is 8.07. The summed E-state index contributed by atoms with van der Waals surface area (Å²) in [4.78, 5) is 11.1. The first-order valence-corrected chi connectivity index (χ1v) is 11.7. The van der Waals surface area contributed by atoms with Crippen molar-refractivity contribution in [3.05, 3.63) is 95.3 Å². The van der Waals surface area contributed by atoms with Crippen LogP contribution in [0.2, 0.25) is 0 Å². The zero-order valence-corrected chi connectivity index (χ0v) is 19.7. The van der Waals surface area contributed by atoms with Crippen LogP contribution in [0.1, 0.15) is 34.8 Å². The molecule has 0 saturated carbocycles. The van der Waals surface area contributed by atoms with Crippen molar-refractivity contribution in [2.24, 2.45) is 0 Å². The molecule has 0 aliphatic carbocycles. The van der Waals surface area contributed by atoms with Crippen LogP contribution >= 0.6 is 12.4 Å². The predicted molar refractivity (Wildman–Crippen MR) is 129 cm³/mol. The number of halogens is 2. The van der Waals surface area contributed by atoms with Crippen LogP contribution in [0.15, 0.2) is 77.7 Å². The number of sulfone groups is 1. The fraction of sp³-hybridized carbons (Fsp3) is 0.208. The maximum Gasteiger partial charge on any atom is 0.178 e. The summed E-state index contributed by atoms with van der Waals surface area (Å²) in [5, 5.41) is 3.42. The van der Waals surface area contributed by atoms with Crippen molar-refractivity contribution < 1.29 is 17.6 Å². The van der Waals surface area contributed by atoms with Crippen LogP contribution < -0.4 is 11.1 Å². The number of hydrogen-bond donors (Lipinski definition) is 2. The van der Waals surface area contributed by atoms with Gasteiger partial charge in [-0.2, -0.15) is 0 Å². The predicted octanol–water partition coefficient (Wildman–Crippen LogP) is 4.80. The second-order valence-corrected chi connectivity index (χ2v) is 8.92. The van der Waals surface area contributed by atoms with Crippen molar-refractivity contribution >= 4 is 33.7 Å². The highest BCUT2D eigenvalue weighted by Gasteiger charge is 2.24. The molecule has 0 saturated heterocycles. The van der Waals surface area contributed by atoms with Gasteiger partial charge < -0.3 is 11.1 Å². The molecular weight excluding hydrogens is 451 g/mol. The number of nitrogen functional groups attached to an aromatic ring is 1. The van der Waals surface area contributed by atoms with Crippen LogP contribution in [-0.4, -0.2) is 20.5 Å². The summed E-state index contributed by atoms with van der Waals surface area (Å²) < 4.78 is 36.4. The van der Waals surface area contributed by atoms with Gasteiger partial charge in [-0.3, -0.25) is 4.79 Å². The zero-order chi connectivity index (χ0) is 22.9. The molecule has 0 radical (unpaired) electrons.